The lowest BCUT2D eigenvalue weighted by Gasteiger charge is -2.34. The third-order valence-electron chi connectivity index (χ3n) is 2.85. The lowest BCUT2D eigenvalue weighted by Crippen LogP contribution is -2.42. The van der Waals surface area contributed by atoms with Gasteiger partial charge in [-0.05, 0) is 12.8 Å². The molecule has 1 aliphatic heterocycles. The molecular weight excluding hydrogens is 233 g/mol. The van der Waals surface area contributed by atoms with Crippen LogP contribution >= 0.6 is 0 Å². The molecule has 17 heavy (non-hydrogen) atoms. The zero-order valence-electron chi connectivity index (χ0n) is 9.11. The number of aromatic nitrogens is 2. The van der Waals surface area contributed by atoms with Gasteiger partial charge in [0.25, 0.3) is 0 Å². The van der Waals surface area contributed by atoms with E-state index in [1.54, 1.807) is 4.90 Å². The summed E-state index contributed by atoms with van der Waals surface area (Å²) >= 11 is 0. The summed E-state index contributed by atoms with van der Waals surface area (Å²) in [6.07, 6.45) is -0.660. The van der Waals surface area contributed by atoms with Gasteiger partial charge >= 0.3 is 6.18 Å². The molecule has 0 aliphatic carbocycles. The molecule has 0 bridgehead atoms. The molecule has 1 fully saturated rings. The van der Waals surface area contributed by atoms with Gasteiger partial charge in [0.05, 0.1) is 18.3 Å². The number of halogens is 3. The Bertz CT molecular complexity index is 393. The minimum atomic E-state index is -4.15. The van der Waals surface area contributed by atoms with Gasteiger partial charge < -0.3 is 10.6 Å². The maximum atomic E-state index is 12.6. The van der Waals surface area contributed by atoms with Crippen LogP contribution in [0.3, 0.4) is 0 Å². The fraction of sp³-hybridized carbons (Fsp3) is 0.600. The van der Waals surface area contributed by atoms with Gasteiger partial charge in [-0.15, -0.1) is 0 Å². The maximum Gasteiger partial charge on any atom is 0.393 e. The molecule has 0 spiro atoms. The van der Waals surface area contributed by atoms with E-state index in [0.717, 1.165) is 0 Å². The molecule has 1 saturated heterocycles. The quantitative estimate of drug-likeness (QED) is 0.821. The normalized spacial score (nSPS) is 21.6. The Balaban J connectivity index is 2.12. The molecular formula is C10H13F3N4. The zero-order valence-corrected chi connectivity index (χ0v) is 9.11. The van der Waals surface area contributed by atoms with Crippen molar-refractivity contribution < 1.29 is 13.2 Å². The van der Waals surface area contributed by atoms with Gasteiger partial charge in [-0.3, -0.25) is 4.98 Å². The first-order valence-corrected chi connectivity index (χ1v) is 5.36. The lowest BCUT2D eigenvalue weighted by atomic mass is 9.97. The Labute approximate surface area is 96.7 Å². The van der Waals surface area contributed by atoms with Crippen LogP contribution in [0.25, 0.3) is 0 Å². The number of nitrogens with two attached hydrogens (primary N) is 1. The van der Waals surface area contributed by atoms with Gasteiger partial charge in [0.2, 0.25) is 0 Å². The van der Waals surface area contributed by atoms with Crippen molar-refractivity contribution >= 4 is 11.6 Å². The van der Waals surface area contributed by atoms with E-state index in [4.69, 9.17) is 5.73 Å². The predicted octanol–water partition coefficient (Wildman–Crippen LogP) is 1.84. The van der Waals surface area contributed by atoms with Crippen molar-refractivity contribution in [2.75, 3.05) is 23.7 Å². The van der Waals surface area contributed by atoms with Gasteiger partial charge in [0, 0.05) is 13.1 Å². The largest absolute Gasteiger partial charge is 0.393 e. The van der Waals surface area contributed by atoms with Crippen LogP contribution in [0.5, 0.6) is 0 Å². The third-order valence-corrected chi connectivity index (χ3v) is 2.85. The van der Waals surface area contributed by atoms with E-state index >= 15 is 0 Å². The Morgan fingerprint density at radius 2 is 2.12 bits per heavy atom. The summed E-state index contributed by atoms with van der Waals surface area (Å²) in [5.41, 5.74) is 5.46. The number of hydrogen-bond acceptors (Lipinski definition) is 4. The monoisotopic (exact) mass is 246 g/mol. The fourth-order valence-corrected chi connectivity index (χ4v) is 1.98. The summed E-state index contributed by atoms with van der Waals surface area (Å²) in [6, 6.07) is 0. The molecule has 2 rings (SSSR count). The molecule has 1 aromatic heterocycles. The van der Waals surface area contributed by atoms with Crippen molar-refractivity contribution in [3.8, 4) is 0 Å². The van der Waals surface area contributed by atoms with Crippen LogP contribution in [-0.4, -0.2) is 29.2 Å². The second-order valence-corrected chi connectivity index (χ2v) is 4.13. The van der Waals surface area contributed by atoms with Crippen LogP contribution in [-0.2, 0) is 0 Å². The highest BCUT2D eigenvalue weighted by Crippen LogP contribution is 2.34. The standard InChI is InChI=1S/C10H13F3N4/c11-10(12,13)7-2-1-3-17(6-7)9-5-15-4-8(14)16-9/h4-5,7H,1-3,6H2,(H2,14,16). The van der Waals surface area contributed by atoms with Gasteiger partial charge in [0.15, 0.2) is 0 Å². The van der Waals surface area contributed by atoms with E-state index in [-0.39, 0.29) is 18.8 Å². The number of hydrogen-bond donors (Lipinski definition) is 1. The van der Waals surface area contributed by atoms with E-state index in [2.05, 4.69) is 9.97 Å². The third kappa shape index (κ3) is 2.78. The van der Waals surface area contributed by atoms with E-state index in [9.17, 15) is 13.2 Å². The van der Waals surface area contributed by atoms with Gasteiger partial charge in [-0.25, -0.2) is 4.98 Å². The molecule has 1 atom stereocenters. The smallest absolute Gasteiger partial charge is 0.382 e. The maximum absolute atomic E-state index is 12.6. The van der Waals surface area contributed by atoms with Crippen LogP contribution in [0, 0.1) is 5.92 Å². The molecule has 0 radical (unpaired) electrons. The first kappa shape index (κ1) is 11.9. The number of nitrogens with zero attached hydrogens (tertiary/aromatic N) is 3. The van der Waals surface area contributed by atoms with Crippen molar-refractivity contribution in [2.45, 2.75) is 19.0 Å². The molecule has 94 valence electrons. The van der Waals surface area contributed by atoms with Gasteiger partial charge in [-0.1, -0.05) is 0 Å². The minimum Gasteiger partial charge on any atom is -0.382 e. The highest BCUT2D eigenvalue weighted by Gasteiger charge is 2.42. The molecule has 1 aromatic rings. The highest BCUT2D eigenvalue weighted by molar-refractivity contribution is 5.41. The van der Waals surface area contributed by atoms with E-state index in [1.807, 2.05) is 0 Å². The molecule has 1 aliphatic rings. The molecule has 7 heteroatoms. The number of alkyl halides is 3. The summed E-state index contributed by atoms with van der Waals surface area (Å²) in [5.74, 6) is -0.657. The van der Waals surface area contributed by atoms with Crippen LogP contribution < -0.4 is 10.6 Å². The van der Waals surface area contributed by atoms with Crippen LogP contribution in [0.1, 0.15) is 12.8 Å². The minimum absolute atomic E-state index is 0.0678. The molecule has 2 heterocycles. The second kappa shape index (κ2) is 4.38. The number of nitrogen functional groups attached to an aromatic ring is 1. The zero-order chi connectivity index (χ0) is 12.5. The Hall–Kier alpha value is -1.53. The molecule has 0 saturated carbocycles. The lowest BCUT2D eigenvalue weighted by molar-refractivity contribution is -0.176. The van der Waals surface area contributed by atoms with Crippen molar-refractivity contribution in [2.24, 2.45) is 5.92 Å². The summed E-state index contributed by atoms with van der Waals surface area (Å²) in [4.78, 5) is 9.41. The van der Waals surface area contributed by atoms with Crippen LogP contribution in [0.15, 0.2) is 12.4 Å². The first-order chi connectivity index (χ1) is 7.97. The SMILES string of the molecule is Nc1cncc(N2CCCC(C(F)(F)F)C2)n1. The molecule has 1 unspecified atom stereocenters. The summed E-state index contributed by atoms with van der Waals surface area (Å²) in [6.45, 7) is 0.492. The van der Waals surface area contributed by atoms with E-state index in [0.29, 0.717) is 18.8 Å². The first-order valence-electron chi connectivity index (χ1n) is 5.36. The summed E-state index contributed by atoms with van der Waals surface area (Å²) < 4.78 is 37.9. The van der Waals surface area contributed by atoms with Crippen LogP contribution in [0.2, 0.25) is 0 Å². The number of piperidine rings is 1. The van der Waals surface area contributed by atoms with Crippen LogP contribution in [0.4, 0.5) is 24.8 Å². The summed E-state index contributed by atoms with van der Waals surface area (Å²) in [7, 11) is 0. The average Bonchev–Trinajstić information content (AvgIpc) is 2.28. The highest BCUT2D eigenvalue weighted by atomic mass is 19.4. The summed E-state index contributed by atoms with van der Waals surface area (Å²) in [5, 5.41) is 0. The fourth-order valence-electron chi connectivity index (χ4n) is 1.98. The van der Waals surface area contributed by atoms with Crippen molar-refractivity contribution in [1.82, 2.24) is 9.97 Å². The second-order valence-electron chi connectivity index (χ2n) is 4.13. The molecule has 0 aromatic carbocycles. The predicted molar refractivity (Wildman–Crippen MR) is 57.4 cm³/mol. The van der Waals surface area contributed by atoms with Gasteiger partial charge in [-0.2, -0.15) is 13.2 Å². The Morgan fingerprint density at radius 1 is 1.35 bits per heavy atom. The molecule has 0 amide bonds. The van der Waals surface area contributed by atoms with Crippen molar-refractivity contribution in [3.05, 3.63) is 12.4 Å². The number of rotatable bonds is 1. The van der Waals surface area contributed by atoms with Crippen molar-refractivity contribution in [1.29, 1.82) is 0 Å². The topological polar surface area (TPSA) is 55.0 Å². The molecule has 2 N–H and O–H groups in total. The van der Waals surface area contributed by atoms with E-state index in [1.165, 1.54) is 12.4 Å². The van der Waals surface area contributed by atoms with Gasteiger partial charge in [0.1, 0.15) is 11.6 Å². The van der Waals surface area contributed by atoms with Crippen molar-refractivity contribution in [3.63, 3.8) is 0 Å². The number of anilines is 2. The Kier molecular flexibility index (Phi) is 3.08. The van der Waals surface area contributed by atoms with E-state index < -0.39 is 12.1 Å². The molecule has 4 nitrogen and oxygen atoms in total. The Morgan fingerprint density at radius 3 is 2.76 bits per heavy atom. The average molecular weight is 246 g/mol.